The molecule has 7 atom stereocenters. The van der Waals surface area contributed by atoms with Gasteiger partial charge in [0.25, 0.3) is 0 Å². The highest BCUT2D eigenvalue weighted by Crippen LogP contribution is 2.57. The monoisotopic (exact) mass is 238 g/mol. The first-order valence-electron chi connectivity index (χ1n) is 7.30. The van der Waals surface area contributed by atoms with E-state index in [-0.39, 0.29) is 0 Å². The Balaban J connectivity index is 1.75. The van der Waals surface area contributed by atoms with Gasteiger partial charge in [0.05, 0.1) is 0 Å². The van der Waals surface area contributed by atoms with Gasteiger partial charge >= 0.3 is 0 Å². The Morgan fingerprint density at radius 2 is 1.44 bits per heavy atom. The molecule has 0 spiro atoms. The Bertz CT molecular complexity index is 262. The number of thioether (sulfide) groups is 1. The summed E-state index contributed by atoms with van der Waals surface area (Å²) in [7, 11) is 0. The molecular weight excluding hydrogens is 212 g/mol. The fourth-order valence-electron chi connectivity index (χ4n) is 4.43. The van der Waals surface area contributed by atoms with E-state index < -0.39 is 0 Å². The van der Waals surface area contributed by atoms with Gasteiger partial charge in [-0.05, 0) is 61.7 Å². The Hall–Kier alpha value is 0.350. The first kappa shape index (κ1) is 11.4. The molecular formula is C15H26S. The summed E-state index contributed by atoms with van der Waals surface area (Å²) < 4.78 is 0. The lowest BCUT2D eigenvalue weighted by Gasteiger charge is -2.38. The van der Waals surface area contributed by atoms with E-state index in [0.29, 0.717) is 0 Å². The molecule has 3 fully saturated rings. The van der Waals surface area contributed by atoms with Crippen molar-refractivity contribution >= 4 is 11.8 Å². The van der Waals surface area contributed by atoms with E-state index in [2.05, 4.69) is 32.5 Å². The molecule has 1 aliphatic heterocycles. The molecule has 2 aliphatic carbocycles. The van der Waals surface area contributed by atoms with Crippen LogP contribution >= 0.6 is 11.8 Å². The molecule has 0 nitrogen and oxygen atoms in total. The molecule has 0 bridgehead atoms. The van der Waals surface area contributed by atoms with E-state index >= 15 is 0 Å². The smallest absolute Gasteiger partial charge is 0.00839 e. The standard InChI is InChI=1S/C15H26S/c1-9-4-5-14-12(6-9)13-7-10(2)11(3)8-15(13)16-14/h9-15H,4-8H2,1-3H3. The summed E-state index contributed by atoms with van der Waals surface area (Å²) >= 11 is 2.39. The predicted octanol–water partition coefficient (Wildman–Crippen LogP) is 4.59. The fourth-order valence-corrected chi connectivity index (χ4v) is 6.60. The summed E-state index contributed by atoms with van der Waals surface area (Å²) in [5, 5.41) is 2.08. The Kier molecular flexibility index (Phi) is 3.02. The van der Waals surface area contributed by atoms with E-state index in [1.807, 2.05) is 0 Å². The zero-order valence-corrected chi connectivity index (χ0v) is 11.8. The van der Waals surface area contributed by atoms with Crippen LogP contribution in [0.2, 0.25) is 0 Å². The van der Waals surface area contributed by atoms with Crippen molar-refractivity contribution in [3.8, 4) is 0 Å². The molecule has 0 radical (unpaired) electrons. The first-order chi connectivity index (χ1) is 7.65. The van der Waals surface area contributed by atoms with Crippen molar-refractivity contribution in [3.63, 3.8) is 0 Å². The van der Waals surface area contributed by atoms with Gasteiger partial charge in [0.1, 0.15) is 0 Å². The molecule has 1 saturated heterocycles. The number of fused-ring (bicyclic) bond motifs is 3. The zero-order valence-electron chi connectivity index (χ0n) is 11.0. The van der Waals surface area contributed by atoms with Gasteiger partial charge in [-0.25, -0.2) is 0 Å². The molecule has 1 heteroatoms. The zero-order chi connectivity index (χ0) is 11.3. The molecule has 7 unspecified atom stereocenters. The highest BCUT2D eigenvalue weighted by molar-refractivity contribution is 8.00. The Morgan fingerprint density at radius 1 is 0.750 bits per heavy atom. The predicted molar refractivity (Wildman–Crippen MR) is 72.7 cm³/mol. The van der Waals surface area contributed by atoms with Crippen LogP contribution in [0.15, 0.2) is 0 Å². The maximum absolute atomic E-state index is 2.49. The van der Waals surface area contributed by atoms with Gasteiger partial charge in [0.2, 0.25) is 0 Å². The lowest BCUT2D eigenvalue weighted by Crippen LogP contribution is -2.34. The first-order valence-corrected chi connectivity index (χ1v) is 8.25. The van der Waals surface area contributed by atoms with Crippen molar-refractivity contribution in [2.45, 2.75) is 63.4 Å². The molecule has 0 aromatic rings. The van der Waals surface area contributed by atoms with Gasteiger partial charge in [0, 0.05) is 10.5 Å². The lowest BCUT2D eigenvalue weighted by molar-refractivity contribution is 0.142. The fraction of sp³-hybridized carbons (Fsp3) is 1.00. The number of hydrogen-bond donors (Lipinski definition) is 0. The van der Waals surface area contributed by atoms with Crippen molar-refractivity contribution in [1.82, 2.24) is 0 Å². The maximum Gasteiger partial charge on any atom is 0.00839 e. The average molecular weight is 238 g/mol. The maximum atomic E-state index is 2.49. The Labute approximate surface area is 105 Å². The minimum Gasteiger partial charge on any atom is -0.155 e. The third-order valence-corrected chi connectivity index (χ3v) is 7.52. The lowest BCUT2D eigenvalue weighted by atomic mass is 9.66. The second-order valence-corrected chi connectivity index (χ2v) is 8.37. The normalized spacial score (nSPS) is 56.8. The van der Waals surface area contributed by atoms with Crippen LogP contribution in [-0.2, 0) is 0 Å². The van der Waals surface area contributed by atoms with Crippen LogP contribution in [-0.4, -0.2) is 10.5 Å². The molecule has 1 heterocycles. The topological polar surface area (TPSA) is 0 Å². The average Bonchev–Trinajstić information content (AvgIpc) is 2.57. The highest BCUT2D eigenvalue weighted by Gasteiger charge is 2.48. The second-order valence-electron chi connectivity index (χ2n) is 6.88. The molecule has 16 heavy (non-hydrogen) atoms. The molecule has 3 aliphatic rings. The van der Waals surface area contributed by atoms with Gasteiger partial charge in [-0.2, -0.15) is 11.8 Å². The van der Waals surface area contributed by atoms with Gasteiger partial charge in [0.15, 0.2) is 0 Å². The van der Waals surface area contributed by atoms with Crippen LogP contribution in [0.4, 0.5) is 0 Å². The Morgan fingerprint density at radius 3 is 2.25 bits per heavy atom. The third kappa shape index (κ3) is 1.83. The minimum atomic E-state index is 0.978. The van der Waals surface area contributed by atoms with Crippen LogP contribution in [0.1, 0.15) is 52.9 Å². The summed E-state index contributed by atoms with van der Waals surface area (Å²) in [4.78, 5) is 0. The van der Waals surface area contributed by atoms with Gasteiger partial charge in [-0.1, -0.05) is 20.8 Å². The summed E-state index contributed by atoms with van der Waals surface area (Å²) in [5.41, 5.74) is 0. The molecule has 0 aromatic carbocycles. The van der Waals surface area contributed by atoms with Crippen molar-refractivity contribution < 1.29 is 0 Å². The van der Waals surface area contributed by atoms with Crippen LogP contribution in [0.25, 0.3) is 0 Å². The number of rotatable bonds is 0. The molecule has 0 N–H and O–H groups in total. The summed E-state index contributed by atoms with van der Waals surface area (Å²) in [6.07, 6.45) is 7.61. The SMILES string of the molecule is CC1CCC2SC3CC(C)C(C)CC3C2C1. The van der Waals surface area contributed by atoms with E-state index in [4.69, 9.17) is 0 Å². The van der Waals surface area contributed by atoms with Gasteiger partial charge in [-0.15, -0.1) is 0 Å². The quantitative estimate of drug-likeness (QED) is 0.595. The summed E-state index contributed by atoms with van der Waals surface area (Å²) in [6.45, 7) is 7.44. The molecule has 2 saturated carbocycles. The summed E-state index contributed by atoms with van der Waals surface area (Å²) in [5.74, 6) is 5.15. The minimum absolute atomic E-state index is 0.978. The van der Waals surface area contributed by atoms with Crippen LogP contribution in [0, 0.1) is 29.6 Å². The van der Waals surface area contributed by atoms with E-state index in [1.54, 1.807) is 6.42 Å². The highest BCUT2D eigenvalue weighted by atomic mass is 32.2. The molecule has 0 amide bonds. The second kappa shape index (κ2) is 4.23. The van der Waals surface area contributed by atoms with Gasteiger partial charge < -0.3 is 0 Å². The number of hydrogen-bond acceptors (Lipinski definition) is 1. The van der Waals surface area contributed by atoms with E-state index in [0.717, 1.165) is 40.1 Å². The molecule has 3 rings (SSSR count). The van der Waals surface area contributed by atoms with Crippen LogP contribution in [0.5, 0.6) is 0 Å². The van der Waals surface area contributed by atoms with Crippen molar-refractivity contribution in [1.29, 1.82) is 0 Å². The van der Waals surface area contributed by atoms with Crippen molar-refractivity contribution in [3.05, 3.63) is 0 Å². The van der Waals surface area contributed by atoms with Crippen molar-refractivity contribution in [2.24, 2.45) is 29.6 Å². The van der Waals surface area contributed by atoms with Crippen molar-refractivity contribution in [2.75, 3.05) is 0 Å². The van der Waals surface area contributed by atoms with E-state index in [9.17, 15) is 0 Å². The van der Waals surface area contributed by atoms with Crippen LogP contribution in [0.3, 0.4) is 0 Å². The summed E-state index contributed by atoms with van der Waals surface area (Å²) in [6, 6.07) is 0. The van der Waals surface area contributed by atoms with E-state index in [1.165, 1.54) is 25.7 Å². The third-order valence-electron chi connectivity index (χ3n) is 5.69. The van der Waals surface area contributed by atoms with Gasteiger partial charge in [-0.3, -0.25) is 0 Å². The molecule has 92 valence electrons. The largest absolute Gasteiger partial charge is 0.155 e. The van der Waals surface area contributed by atoms with Crippen LogP contribution < -0.4 is 0 Å². The molecule has 0 aromatic heterocycles.